The summed E-state index contributed by atoms with van der Waals surface area (Å²) in [6.07, 6.45) is 10.6. The van der Waals surface area contributed by atoms with E-state index >= 15 is 0 Å². The van der Waals surface area contributed by atoms with Crippen LogP contribution in [0, 0.1) is 5.41 Å². The highest BCUT2D eigenvalue weighted by atomic mass is 16.5. The van der Waals surface area contributed by atoms with Crippen molar-refractivity contribution in [3.63, 3.8) is 0 Å². The predicted octanol–water partition coefficient (Wildman–Crippen LogP) is 3.72. The van der Waals surface area contributed by atoms with Gasteiger partial charge in [-0.1, -0.05) is 42.5 Å². The quantitative estimate of drug-likeness (QED) is 0.629. The maximum atomic E-state index is 12.4. The van der Waals surface area contributed by atoms with Crippen molar-refractivity contribution in [2.75, 3.05) is 20.2 Å². The van der Waals surface area contributed by atoms with Crippen molar-refractivity contribution < 1.29 is 9.53 Å². The number of hydrogen-bond acceptors (Lipinski definition) is 3. The summed E-state index contributed by atoms with van der Waals surface area (Å²) in [7, 11) is 1.49. The Morgan fingerprint density at radius 3 is 2.73 bits per heavy atom. The van der Waals surface area contributed by atoms with E-state index in [0.29, 0.717) is 5.41 Å². The molecule has 118 valence electrons. The Balaban J connectivity index is 1.84. The van der Waals surface area contributed by atoms with E-state index in [4.69, 9.17) is 4.74 Å². The monoisotopic (exact) mass is 299 g/mol. The van der Waals surface area contributed by atoms with Crippen molar-refractivity contribution in [1.29, 1.82) is 0 Å². The summed E-state index contributed by atoms with van der Waals surface area (Å²) in [5.41, 5.74) is 1.39. The summed E-state index contributed by atoms with van der Waals surface area (Å²) in [6.45, 7) is 1.96. The molecular weight excluding hydrogens is 274 g/mol. The van der Waals surface area contributed by atoms with Crippen LogP contribution in [-0.2, 0) is 9.53 Å². The third-order valence-electron chi connectivity index (χ3n) is 5.15. The number of piperidine rings is 1. The van der Waals surface area contributed by atoms with Crippen LogP contribution >= 0.6 is 0 Å². The number of carbonyl (C=O) groups excluding carboxylic acids is 1. The molecule has 2 atom stereocenters. The molecule has 0 saturated carbocycles. The molecule has 22 heavy (non-hydrogen) atoms. The van der Waals surface area contributed by atoms with Gasteiger partial charge in [0.1, 0.15) is 6.04 Å². The largest absolute Gasteiger partial charge is 0.468 e. The molecule has 3 heteroatoms. The van der Waals surface area contributed by atoms with Crippen LogP contribution in [0.25, 0.3) is 0 Å². The highest BCUT2D eigenvalue weighted by molar-refractivity contribution is 5.77. The standard InChI is InChI=1S/C19H25NO2/c1-22-18(21)17(16-9-4-2-5-10-16)20-14-8-13-19(15-20)11-6-3-7-12-19/h2-6,9-10,17H,7-8,11-15H2,1H3/t17-,19+/m0/s1. The van der Waals surface area contributed by atoms with Gasteiger partial charge in [-0.3, -0.25) is 4.90 Å². The lowest BCUT2D eigenvalue weighted by atomic mass is 9.71. The molecule has 1 spiro atoms. The van der Waals surface area contributed by atoms with E-state index in [2.05, 4.69) is 17.1 Å². The molecule has 3 nitrogen and oxygen atoms in total. The number of likely N-dealkylation sites (tertiary alicyclic amines) is 1. The van der Waals surface area contributed by atoms with Gasteiger partial charge in [-0.05, 0) is 49.6 Å². The zero-order valence-electron chi connectivity index (χ0n) is 13.3. The Bertz CT molecular complexity index is 540. The lowest BCUT2D eigenvalue weighted by Gasteiger charge is -2.46. The van der Waals surface area contributed by atoms with Crippen molar-refractivity contribution in [3.05, 3.63) is 48.0 Å². The van der Waals surface area contributed by atoms with Gasteiger partial charge < -0.3 is 4.74 Å². The second kappa shape index (κ2) is 6.66. The lowest BCUT2D eigenvalue weighted by Crippen LogP contribution is -2.47. The SMILES string of the molecule is COC(=O)[C@H](c1ccccc1)N1CCC[C@]2(CC=CCC2)C1. The number of ether oxygens (including phenoxy) is 1. The van der Waals surface area contributed by atoms with Crippen molar-refractivity contribution in [3.8, 4) is 0 Å². The number of nitrogens with zero attached hydrogens (tertiary/aromatic N) is 1. The molecule has 0 radical (unpaired) electrons. The summed E-state index contributed by atoms with van der Waals surface area (Å²) in [4.78, 5) is 14.7. The molecule has 0 amide bonds. The van der Waals surface area contributed by atoms with E-state index in [0.717, 1.165) is 31.5 Å². The summed E-state index contributed by atoms with van der Waals surface area (Å²) in [5.74, 6) is -0.144. The van der Waals surface area contributed by atoms with Crippen LogP contribution < -0.4 is 0 Å². The highest BCUT2D eigenvalue weighted by Gasteiger charge is 2.40. The molecule has 2 aliphatic rings. The van der Waals surface area contributed by atoms with E-state index in [1.807, 2.05) is 30.3 Å². The van der Waals surface area contributed by atoms with E-state index in [1.165, 1.54) is 26.4 Å². The molecule has 1 aromatic carbocycles. The van der Waals surface area contributed by atoms with Gasteiger partial charge in [-0.15, -0.1) is 0 Å². The molecule has 0 aromatic heterocycles. The minimum Gasteiger partial charge on any atom is -0.468 e. The normalized spacial score (nSPS) is 26.8. The van der Waals surface area contributed by atoms with Crippen LogP contribution in [0.1, 0.15) is 43.7 Å². The topological polar surface area (TPSA) is 29.5 Å². The zero-order valence-corrected chi connectivity index (χ0v) is 13.3. The third kappa shape index (κ3) is 3.09. The second-order valence-electron chi connectivity index (χ2n) is 6.62. The zero-order chi connectivity index (χ0) is 15.4. The fourth-order valence-corrected chi connectivity index (χ4v) is 4.02. The number of allylic oxidation sites excluding steroid dienone is 2. The molecule has 0 N–H and O–H groups in total. The average molecular weight is 299 g/mol. The Labute approximate surface area is 133 Å². The number of rotatable bonds is 3. The van der Waals surface area contributed by atoms with E-state index in [1.54, 1.807) is 0 Å². The summed E-state index contributed by atoms with van der Waals surface area (Å²) >= 11 is 0. The maximum absolute atomic E-state index is 12.4. The van der Waals surface area contributed by atoms with Crippen molar-refractivity contribution in [2.24, 2.45) is 5.41 Å². The first-order valence-electron chi connectivity index (χ1n) is 8.26. The van der Waals surface area contributed by atoms with Crippen LogP contribution in [0.4, 0.5) is 0 Å². The summed E-state index contributed by atoms with van der Waals surface area (Å²) in [6, 6.07) is 9.77. The van der Waals surface area contributed by atoms with Crippen molar-refractivity contribution in [1.82, 2.24) is 4.90 Å². The first kappa shape index (κ1) is 15.3. The number of hydrogen-bond donors (Lipinski definition) is 0. The summed E-state index contributed by atoms with van der Waals surface area (Å²) in [5, 5.41) is 0. The smallest absolute Gasteiger partial charge is 0.327 e. The first-order chi connectivity index (χ1) is 10.7. The van der Waals surface area contributed by atoms with Gasteiger partial charge in [-0.25, -0.2) is 4.79 Å². The molecule has 1 aliphatic heterocycles. The second-order valence-corrected chi connectivity index (χ2v) is 6.62. The van der Waals surface area contributed by atoms with Gasteiger partial charge in [0, 0.05) is 6.54 Å². The van der Waals surface area contributed by atoms with Crippen LogP contribution in [-0.4, -0.2) is 31.1 Å². The lowest BCUT2D eigenvalue weighted by molar-refractivity contribution is -0.149. The number of benzene rings is 1. The molecular formula is C19H25NO2. The molecule has 1 saturated heterocycles. The van der Waals surface area contributed by atoms with Crippen LogP contribution in [0.5, 0.6) is 0 Å². The first-order valence-corrected chi connectivity index (χ1v) is 8.26. The van der Waals surface area contributed by atoms with Crippen molar-refractivity contribution >= 4 is 5.97 Å². The molecule has 1 fully saturated rings. The number of methoxy groups -OCH3 is 1. The fourth-order valence-electron chi connectivity index (χ4n) is 4.02. The Kier molecular flexibility index (Phi) is 4.63. The Morgan fingerprint density at radius 2 is 2.05 bits per heavy atom. The van der Waals surface area contributed by atoms with Gasteiger partial charge in [0.15, 0.2) is 0 Å². The van der Waals surface area contributed by atoms with Gasteiger partial charge >= 0.3 is 5.97 Å². The van der Waals surface area contributed by atoms with Crippen LogP contribution in [0.3, 0.4) is 0 Å². The fraction of sp³-hybridized carbons (Fsp3) is 0.526. The average Bonchev–Trinajstić information content (AvgIpc) is 2.57. The minimum atomic E-state index is -0.269. The van der Waals surface area contributed by atoms with Gasteiger partial charge in [0.05, 0.1) is 7.11 Å². The van der Waals surface area contributed by atoms with Crippen LogP contribution in [0.15, 0.2) is 42.5 Å². The molecule has 0 unspecified atom stereocenters. The molecule has 3 rings (SSSR count). The number of carbonyl (C=O) groups is 1. The predicted molar refractivity (Wildman–Crippen MR) is 87.4 cm³/mol. The molecule has 1 heterocycles. The minimum absolute atomic E-state index is 0.144. The highest BCUT2D eigenvalue weighted by Crippen LogP contribution is 2.43. The number of esters is 1. The molecule has 1 aromatic rings. The molecule has 1 aliphatic carbocycles. The van der Waals surface area contributed by atoms with Crippen molar-refractivity contribution in [2.45, 2.75) is 38.1 Å². The molecule has 0 bridgehead atoms. The van der Waals surface area contributed by atoms with Gasteiger partial charge in [0.25, 0.3) is 0 Å². The maximum Gasteiger partial charge on any atom is 0.327 e. The summed E-state index contributed by atoms with van der Waals surface area (Å²) < 4.78 is 5.10. The van der Waals surface area contributed by atoms with E-state index < -0.39 is 0 Å². The van der Waals surface area contributed by atoms with E-state index in [9.17, 15) is 4.79 Å². The van der Waals surface area contributed by atoms with Gasteiger partial charge in [-0.2, -0.15) is 0 Å². The van der Waals surface area contributed by atoms with Gasteiger partial charge in [0.2, 0.25) is 0 Å². The third-order valence-corrected chi connectivity index (χ3v) is 5.15. The Morgan fingerprint density at radius 1 is 1.23 bits per heavy atom. The van der Waals surface area contributed by atoms with Crippen LogP contribution in [0.2, 0.25) is 0 Å². The Hall–Kier alpha value is -1.61. The van der Waals surface area contributed by atoms with E-state index in [-0.39, 0.29) is 12.0 Å².